The van der Waals surface area contributed by atoms with E-state index in [-0.39, 0.29) is 10.8 Å². The molecular weight excluding hydrogens is 416 g/mol. The third-order valence-electron chi connectivity index (χ3n) is 5.03. The standard InChI is InChI=1S/C19H26N2O4S3/c1-12(2)17(18(22)23)21-28(24,25)14-8-9-15-16(10-14)27-19(20-15)26-11-13-6-4-3-5-7-13/h8-10,12-13,17,21H,3-7,11H2,1-2H3,(H,22,23)/t17-/m1/s1. The highest BCUT2D eigenvalue weighted by atomic mass is 32.2. The molecule has 1 aromatic carbocycles. The number of hydrogen-bond acceptors (Lipinski definition) is 6. The number of sulfonamides is 1. The van der Waals surface area contributed by atoms with Gasteiger partial charge < -0.3 is 5.11 Å². The van der Waals surface area contributed by atoms with Gasteiger partial charge in [-0.05, 0) is 42.9 Å². The average molecular weight is 443 g/mol. The van der Waals surface area contributed by atoms with Crippen molar-refractivity contribution in [2.24, 2.45) is 11.8 Å². The van der Waals surface area contributed by atoms with Crippen molar-refractivity contribution in [3.8, 4) is 0 Å². The van der Waals surface area contributed by atoms with Gasteiger partial charge in [0.25, 0.3) is 0 Å². The predicted octanol–water partition coefficient (Wildman–Crippen LogP) is 4.36. The van der Waals surface area contributed by atoms with Crippen LogP contribution in [0.5, 0.6) is 0 Å². The fourth-order valence-electron chi connectivity index (χ4n) is 3.36. The number of rotatable bonds is 8. The van der Waals surface area contributed by atoms with Crippen LogP contribution in [0.25, 0.3) is 10.2 Å². The number of hydrogen-bond donors (Lipinski definition) is 2. The van der Waals surface area contributed by atoms with E-state index in [1.807, 2.05) is 0 Å². The summed E-state index contributed by atoms with van der Waals surface area (Å²) in [5.41, 5.74) is 0.772. The molecule has 1 fully saturated rings. The lowest BCUT2D eigenvalue weighted by Gasteiger charge is -2.20. The minimum Gasteiger partial charge on any atom is -0.480 e. The maximum absolute atomic E-state index is 12.6. The molecule has 9 heteroatoms. The number of aromatic nitrogens is 1. The average Bonchev–Trinajstić information content (AvgIpc) is 3.07. The zero-order chi connectivity index (χ0) is 20.3. The first-order chi connectivity index (χ1) is 13.3. The van der Waals surface area contributed by atoms with E-state index in [1.165, 1.54) is 49.5 Å². The van der Waals surface area contributed by atoms with Gasteiger partial charge in [0.05, 0.1) is 15.1 Å². The molecule has 0 radical (unpaired) electrons. The van der Waals surface area contributed by atoms with Crippen molar-refractivity contribution in [3.05, 3.63) is 18.2 Å². The Labute approximate surface area is 174 Å². The Bertz CT molecular complexity index is 934. The molecule has 1 heterocycles. The molecule has 1 aliphatic rings. The molecule has 0 unspecified atom stereocenters. The summed E-state index contributed by atoms with van der Waals surface area (Å²) in [5.74, 6) is 0.261. The highest BCUT2D eigenvalue weighted by Crippen LogP contribution is 2.34. The van der Waals surface area contributed by atoms with Crippen molar-refractivity contribution in [2.45, 2.75) is 61.2 Å². The zero-order valence-corrected chi connectivity index (χ0v) is 18.5. The van der Waals surface area contributed by atoms with Crippen LogP contribution in [-0.4, -0.2) is 36.3 Å². The fraction of sp³-hybridized carbons (Fsp3) is 0.579. The van der Waals surface area contributed by atoms with Crippen LogP contribution >= 0.6 is 23.1 Å². The monoisotopic (exact) mass is 442 g/mol. The summed E-state index contributed by atoms with van der Waals surface area (Å²) in [6, 6.07) is 3.60. The van der Waals surface area contributed by atoms with Crippen molar-refractivity contribution in [3.63, 3.8) is 0 Å². The number of carbonyl (C=O) groups is 1. The van der Waals surface area contributed by atoms with E-state index in [1.54, 1.807) is 37.7 Å². The molecule has 1 saturated carbocycles. The van der Waals surface area contributed by atoms with Gasteiger partial charge in [0.2, 0.25) is 10.0 Å². The maximum atomic E-state index is 12.6. The molecule has 0 amide bonds. The van der Waals surface area contributed by atoms with Crippen LogP contribution in [0.3, 0.4) is 0 Å². The third kappa shape index (κ3) is 5.25. The van der Waals surface area contributed by atoms with Gasteiger partial charge >= 0.3 is 5.97 Å². The van der Waals surface area contributed by atoms with E-state index in [0.29, 0.717) is 0 Å². The molecule has 0 bridgehead atoms. The fourth-order valence-corrected chi connectivity index (χ4v) is 7.12. The van der Waals surface area contributed by atoms with Crippen LogP contribution < -0.4 is 4.72 Å². The number of carboxylic acids is 1. The van der Waals surface area contributed by atoms with Crippen molar-refractivity contribution in [2.75, 3.05) is 5.75 Å². The van der Waals surface area contributed by atoms with Gasteiger partial charge in [-0.3, -0.25) is 4.79 Å². The van der Waals surface area contributed by atoms with Gasteiger partial charge in [0.1, 0.15) is 6.04 Å². The van der Waals surface area contributed by atoms with Gasteiger partial charge in [0, 0.05) is 5.75 Å². The minimum absolute atomic E-state index is 0.0689. The molecule has 28 heavy (non-hydrogen) atoms. The zero-order valence-electron chi connectivity index (χ0n) is 16.1. The molecule has 3 rings (SSSR count). The van der Waals surface area contributed by atoms with Gasteiger partial charge in [0.15, 0.2) is 4.34 Å². The van der Waals surface area contributed by atoms with E-state index in [2.05, 4.69) is 9.71 Å². The van der Waals surface area contributed by atoms with Gasteiger partial charge in [-0.15, -0.1) is 11.3 Å². The quantitative estimate of drug-likeness (QED) is 0.590. The van der Waals surface area contributed by atoms with Crippen LogP contribution in [0.4, 0.5) is 0 Å². The van der Waals surface area contributed by atoms with Crippen molar-refractivity contribution < 1.29 is 18.3 Å². The molecular formula is C19H26N2O4S3. The first kappa shape index (κ1) is 21.5. The molecule has 2 N–H and O–H groups in total. The highest BCUT2D eigenvalue weighted by Gasteiger charge is 2.28. The van der Waals surface area contributed by atoms with Crippen molar-refractivity contribution >= 4 is 49.3 Å². The molecule has 6 nitrogen and oxygen atoms in total. The number of nitrogens with one attached hydrogen (secondary N) is 1. The Morgan fingerprint density at radius 2 is 2.04 bits per heavy atom. The second kappa shape index (κ2) is 9.11. The van der Waals surface area contributed by atoms with Crippen LogP contribution in [0.2, 0.25) is 0 Å². The first-order valence-corrected chi connectivity index (χ1v) is 12.8. The normalized spacial score (nSPS) is 17.2. The van der Waals surface area contributed by atoms with Gasteiger partial charge in [-0.2, -0.15) is 4.72 Å². The van der Waals surface area contributed by atoms with Crippen molar-refractivity contribution in [1.82, 2.24) is 9.71 Å². The smallest absolute Gasteiger partial charge is 0.322 e. The van der Waals surface area contributed by atoms with Crippen LogP contribution in [0.1, 0.15) is 46.0 Å². The summed E-state index contributed by atoms with van der Waals surface area (Å²) in [4.78, 5) is 16.0. The lowest BCUT2D eigenvalue weighted by Crippen LogP contribution is -2.44. The van der Waals surface area contributed by atoms with Crippen LogP contribution in [0.15, 0.2) is 27.4 Å². The number of fused-ring (bicyclic) bond motifs is 1. The molecule has 2 aromatic rings. The van der Waals surface area contributed by atoms with Crippen LogP contribution in [-0.2, 0) is 14.8 Å². The Kier molecular flexibility index (Phi) is 7.01. The molecule has 154 valence electrons. The van der Waals surface area contributed by atoms with E-state index >= 15 is 0 Å². The van der Waals surface area contributed by atoms with Crippen LogP contribution in [0, 0.1) is 11.8 Å². The van der Waals surface area contributed by atoms with Gasteiger partial charge in [-0.25, -0.2) is 13.4 Å². The van der Waals surface area contributed by atoms with Gasteiger partial charge in [-0.1, -0.05) is 44.9 Å². The van der Waals surface area contributed by atoms with E-state index in [9.17, 15) is 18.3 Å². The summed E-state index contributed by atoms with van der Waals surface area (Å²) in [5, 5.41) is 9.26. The molecule has 1 aromatic heterocycles. The maximum Gasteiger partial charge on any atom is 0.322 e. The summed E-state index contributed by atoms with van der Waals surface area (Å²) in [6.07, 6.45) is 6.53. The number of nitrogens with zero attached hydrogens (tertiary/aromatic N) is 1. The summed E-state index contributed by atoms with van der Waals surface area (Å²) in [7, 11) is -3.92. The van der Waals surface area contributed by atoms with E-state index < -0.39 is 22.0 Å². The predicted molar refractivity (Wildman–Crippen MR) is 114 cm³/mol. The van der Waals surface area contributed by atoms with E-state index in [0.717, 1.165) is 26.2 Å². The van der Waals surface area contributed by atoms with Crippen molar-refractivity contribution in [1.29, 1.82) is 0 Å². The number of thioether (sulfide) groups is 1. The molecule has 1 atom stereocenters. The lowest BCUT2D eigenvalue weighted by molar-refractivity contribution is -0.140. The second-order valence-electron chi connectivity index (χ2n) is 7.61. The Morgan fingerprint density at radius 1 is 1.32 bits per heavy atom. The topological polar surface area (TPSA) is 96.4 Å². The number of benzene rings is 1. The Hall–Kier alpha value is -1.16. The SMILES string of the molecule is CC(C)[C@@H](NS(=O)(=O)c1ccc2nc(SCC3CCCCC3)sc2c1)C(=O)O. The number of thiazole rings is 1. The first-order valence-electron chi connectivity index (χ1n) is 9.55. The second-order valence-corrected chi connectivity index (χ2v) is 11.6. The van der Waals surface area contributed by atoms with E-state index in [4.69, 9.17) is 0 Å². The lowest BCUT2D eigenvalue weighted by atomic mass is 9.91. The molecule has 1 aliphatic carbocycles. The number of carboxylic acid groups (broad SMARTS) is 1. The highest BCUT2D eigenvalue weighted by molar-refractivity contribution is 8.01. The Morgan fingerprint density at radius 3 is 2.68 bits per heavy atom. The summed E-state index contributed by atoms with van der Waals surface area (Å²) < 4.78 is 29.3. The summed E-state index contributed by atoms with van der Waals surface area (Å²) in [6.45, 7) is 3.34. The minimum atomic E-state index is -3.92. The molecule has 0 spiro atoms. The number of aliphatic carboxylic acids is 1. The molecule has 0 saturated heterocycles. The Balaban J connectivity index is 1.75. The largest absolute Gasteiger partial charge is 0.480 e. The third-order valence-corrected chi connectivity index (χ3v) is 8.86. The molecule has 0 aliphatic heterocycles. The summed E-state index contributed by atoms with van der Waals surface area (Å²) >= 11 is 3.24.